The van der Waals surface area contributed by atoms with Gasteiger partial charge in [0.25, 0.3) is 5.56 Å². The molecule has 140 valence electrons. The van der Waals surface area contributed by atoms with Crippen LogP contribution >= 0.6 is 22.9 Å². The van der Waals surface area contributed by atoms with Gasteiger partial charge >= 0.3 is 0 Å². The number of aromatic nitrogens is 2. The van der Waals surface area contributed by atoms with Crippen molar-refractivity contribution in [2.45, 2.75) is 45.1 Å². The molecule has 4 rings (SSSR count). The summed E-state index contributed by atoms with van der Waals surface area (Å²) in [6, 6.07) is 6.46. The van der Waals surface area contributed by atoms with E-state index in [1.807, 2.05) is 25.1 Å². The lowest BCUT2D eigenvalue weighted by molar-refractivity contribution is -0.121. The molecule has 0 saturated carbocycles. The predicted molar refractivity (Wildman–Crippen MR) is 109 cm³/mol. The lowest BCUT2D eigenvalue weighted by Gasteiger charge is -2.20. The number of amides is 1. The maximum absolute atomic E-state index is 13.6. The number of rotatable bonds is 4. The minimum atomic E-state index is -0.764. The quantitative estimate of drug-likeness (QED) is 0.715. The van der Waals surface area contributed by atoms with Gasteiger partial charge in [0, 0.05) is 10.4 Å². The van der Waals surface area contributed by atoms with E-state index in [-0.39, 0.29) is 5.56 Å². The zero-order valence-corrected chi connectivity index (χ0v) is 16.6. The van der Waals surface area contributed by atoms with Crippen molar-refractivity contribution in [1.29, 1.82) is 0 Å². The summed E-state index contributed by atoms with van der Waals surface area (Å²) in [4.78, 5) is 32.4. The number of carbonyl (C=O) groups excluding carboxylic acids is 1. The summed E-state index contributed by atoms with van der Waals surface area (Å²) in [6.45, 7) is 1.84. The molecular weight excluding hydrogens is 382 g/mol. The molecule has 0 aliphatic heterocycles. The van der Waals surface area contributed by atoms with Gasteiger partial charge in [0.05, 0.1) is 10.4 Å². The van der Waals surface area contributed by atoms with Gasteiger partial charge in [0.2, 0.25) is 5.91 Å². The van der Waals surface area contributed by atoms with Gasteiger partial charge in [-0.15, -0.1) is 11.3 Å². The second-order valence-electron chi connectivity index (χ2n) is 6.81. The maximum atomic E-state index is 13.6. The van der Waals surface area contributed by atoms with Gasteiger partial charge in [-0.1, -0.05) is 30.7 Å². The summed E-state index contributed by atoms with van der Waals surface area (Å²) in [5.74, 6) is -0.138. The first-order valence-corrected chi connectivity index (χ1v) is 10.3. The number of hydrogen-bond donors (Lipinski definition) is 1. The Morgan fingerprint density at radius 2 is 2.07 bits per heavy atom. The van der Waals surface area contributed by atoms with Crippen molar-refractivity contribution >= 4 is 39.1 Å². The molecular formula is C20H20ClN3O2S. The number of nitrogens with two attached hydrogens (primary N) is 1. The van der Waals surface area contributed by atoms with Crippen molar-refractivity contribution in [2.75, 3.05) is 0 Å². The van der Waals surface area contributed by atoms with Crippen LogP contribution in [-0.4, -0.2) is 15.5 Å². The SMILES string of the molecule is CCC(C(N)=O)n1c(-c2ccccc2Cl)nc2sc3c(c2c1=O)CCCC3. The van der Waals surface area contributed by atoms with E-state index in [1.54, 1.807) is 17.4 Å². The molecule has 0 saturated heterocycles. The van der Waals surface area contributed by atoms with Crippen LogP contribution < -0.4 is 11.3 Å². The number of fused-ring (bicyclic) bond motifs is 3. The molecule has 0 radical (unpaired) electrons. The summed E-state index contributed by atoms with van der Waals surface area (Å²) in [7, 11) is 0. The van der Waals surface area contributed by atoms with Crippen LogP contribution in [0.3, 0.4) is 0 Å². The number of carbonyl (C=O) groups is 1. The standard InChI is InChI=1S/C20H20ClN3O2S/c1-2-14(17(22)25)24-18(11-7-3-5-9-13(11)21)23-19-16(20(24)26)12-8-4-6-10-15(12)27-19/h3,5,7,9,14H,2,4,6,8,10H2,1H3,(H2,22,25). The Bertz CT molecular complexity index is 1100. The molecule has 5 nitrogen and oxygen atoms in total. The highest BCUT2D eigenvalue weighted by atomic mass is 35.5. The number of halogens is 1. The first kappa shape index (κ1) is 18.2. The zero-order valence-electron chi connectivity index (χ0n) is 15.0. The Balaban J connectivity index is 2.11. The van der Waals surface area contributed by atoms with Crippen LogP contribution in [0.25, 0.3) is 21.6 Å². The molecule has 1 aromatic carbocycles. The number of thiophene rings is 1. The Hall–Kier alpha value is -2.18. The van der Waals surface area contributed by atoms with Crippen molar-refractivity contribution in [2.24, 2.45) is 5.73 Å². The average molecular weight is 402 g/mol. The van der Waals surface area contributed by atoms with Crippen LogP contribution in [0.1, 0.15) is 42.7 Å². The second kappa shape index (κ2) is 7.09. The second-order valence-corrected chi connectivity index (χ2v) is 8.30. The molecule has 1 atom stereocenters. The third-order valence-corrected chi connectivity index (χ3v) is 6.68. The molecule has 0 spiro atoms. The van der Waals surface area contributed by atoms with Gasteiger partial charge in [-0.3, -0.25) is 14.2 Å². The molecule has 27 heavy (non-hydrogen) atoms. The van der Waals surface area contributed by atoms with E-state index in [4.69, 9.17) is 22.3 Å². The summed E-state index contributed by atoms with van der Waals surface area (Å²) in [5.41, 5.74) is 7.16. The molecule has 2 heterocycles. The van der Waals surface area contributed by atoms with E-state index in [2.05, 4.69) is 0 Å². The van der Waals surface area contributed by atoms with Crippen LogP contribution in [0.2, 0.25) is 5.02 Å². The topological polar surface area (TPSA) is 78.0 Å². The third kappa shape index (κ3) is 2.97. The number of hydrogen-bond acceptors (Lipinski definition) is 4. The summed E-state index contributed by atoms with van der Waals surface area (Å²) in [6.07, 6.45) is 4.46. The molecule has 1 amide bonds. The number of aryl methyl sites for hydroxylation is 2. The van der Waals surface area contributed by atoms with E-state index in [1.165, 1.54) is 9.44 Å². The maximum Gasteiger partial charge on any atom is 0.263 e. The van der Waals surface area contributed by atoms with Gasteiger partial charge in [-0.25, -0.2) is 4.98 Å². The fourth-order valence-corrected chi connectivity index (χ4v) is 5.32. The monoisotopic (exact) mass is 401 g/mol. The first-order chi connectivity index (χ1) is 13.0. The normalized spacial score (nSPS) is 14.9. The Morgan fingerprint density at radius 1 is 1.33 bits per heavy atom. The zero-order chi connectivity index (χ0) is 19.1. The van der Waals surface area contributed by atoms with E-state index in [0.717, 1.165) is 36.1 Å². The number of primary amides is 1. The van der Waals surface area contributed by atoms with Gasteiger partial charge in [-0.05, 0) is 49.8 Å². The summed E-state index contributed by atoms with van der Waals surface area (Å²) < 4.78 is 1.45. The van der Waals surface area contributed by atoms with Crippen LogP contribution in [0.15, 0.2) is 29.1 Å². The van der Waals surface area contributed by atoms with Crippen LogP contribution in [0, 0.1) is 0 Å². The lowest BCUT2D eigenvalue weighted by atomic mass is 9.97. The van der Waals surface area contributed by atoms with Crippen molar-refractivity contribution in [3.05, 3.63) is 50.1 Å². The van der Waals surface area contributed by atoms with Crippen molar-refractivity contribution in [3.8, 4) is 11.4 Å². The van der Waals surface area contributed by atoms with Gasteiger partial charge in [0.15, 0.2) is 0 Å². The molecule has 0 fully saturated rings. The minimum absolute atomic E-state index is 0.194. The lowest BCUT2D eigenvalue weighted by Crippen LogP contribution is -2.35. The molecule has 7 heteroatoms. The predicted octanol–water partition coefficient (Wildman–Crippen LogP) is 4.09. The Morgan fingerprint density at radius 3 is 2.78 bits per heavy atom. The third-order valence-electron chi connectivity index (χ3n) is 5.16. The molecule has 2 aromatic heterocycles. The van der Waals surface area contributed by atoms with E-state index in [9.17, 15) is 9.59 Å². The van der Waals surface area contributed by atoms with Crippen molar-refractivity contribution in [3.63, 3.8) is 0 Å². The highest BCUT2D eigenvalue weighted by Gasteiger charge is 2.27. The molecule has 2 N–H and O–H groups in total. The fourth-order valence-electron chi connectivity index (χ4n) is 3.85. The van der Waals surface area contributed by atoms with Crippen LogP contribution in [-0.2, 0) is 17.6 Å². The van der Waals surface area contributed by atoms with Crippen molar-refractivity contribution < 1.29 is 4.79 Å². The van der Waals surface area contributed by atoms with Gasteiger partial charge in [0.1, 0.15) is 16.7 Å². The van der Waals surface area contributed by atoms with Gasteiger partial charge < -0.3 is 5.73 Å². The Labute approximate surface area is 165 Å². The smallest absolute Gasteiger partial charge is 0.263 e. The fraction of sp³-hybridized carbons (Fsp3) is 0.350. The van der Waals surface area contributed by atoms with Crippen LogP contribution in [0.5, 0.6) is 0 Å². The number of benzene rings is 1. The van der Waals surface area contributed by atoms with Crippen molar-refractivity contribution in [1.82, 2.24) is 9.55 Å². The summed E-state index contributed by atoms with van der Waals surface area (Å²) >= 11 is 7.98. The van der Waals surface area contributed by atoms with Crippen LogP contribution in [0.4, 0.5) is 0 Å². The molecule has 1 aliphatic carbocycles. The average Bonchev–Trinajstić information content (AvgIpc) is 3.03. The minimum Gasteiger partial charge on any atom is -0.368 e. The molecule has 1 aliphatic rings. The van der Waals surface area contributed by atoms with E-state index >= 15 is 0 Å². The molecule has 1 unspecified atom stereocenters. The Kier molecular flexibility index (Phi) is 4.78. The largest absolute Gasteiger partial charge is 0.368 e. The van der Waals surface area contributed by atoms with E-state index in [0.29, 0.717) is 28.2 Å². The highest BCUT2D eigenvalue weighted by molar-refractivity contribution is 7.18. The summed E-state index contributed by atoms with van der Waals surface area (Å²) in [5, 5.41) is 1.13. The first-order valence-electron chi connectivity index (χ1n) is 9.14. The molecule has 0 bridgehead atoms. The highest BCUT2D eigenvalue weighted by Crippen LogP contribution is 2.36. The molecule has 3 aromatic rings. The van der Waals surface area contributed by atoms with Gasteiger partial charge in [-0.2, -0.15) is 0 Å². The van der Waals surface area contributed by atoms with E-state index < -0.39 is 11.9 Å². The number of nitrogens with zero attached hydrogens (tertiary/aromatic N) is 2.